The number of hydrogen-bond acceptors (Lipinski definition) is 5. The number of para-hydroxylation sites is 1. The molecule has 0 aromatic heterocycles. The van der Waals surface area contributed by atoms with Gasteiger partial charge in [0, 0.05) is 64.9 Å². The number of benzene rings is 1. The SMILES string of the molecule is CCNC(=NCCCOCC1CCOC1)NCCCN1CCN(c2ccccc2F)CC1. The van der Waals surface area contributed by atoms with Gasteiger partial charge in [0.15, 0.2) is 5.96 Å². The first-order chi connectivity index (χ1) is 15.8. The highest BCUT2D eigenvalue weighted by Gasteiger charge is 2.19. The van der Waals surface area contributed by atoms with Gasteiger partial charge in [-0.2, -0.15) is 0 Å². The van der Waals surface area contributed by atoms with Gasteiger partial charge in [0.25, 0.3) is 0 Å². The van der Waals surface area contributed by atoms with Crippen LogP contribution in [0.15, 0.2) is 29.3 Å². The minimum Gasteiger partial charge on any atom is -0.381 e. The molecule has 2 aliphatic rings. The summed E-state index contributed by atoms with van der Waals surface area (Å²) in [6, 6.07) is 7.05. The predicted molar refractivity (Wildman–Crippen MR) is 128 cm³/mol. The molecular weight excluding hydrogens is 409 g/mol. The average Bonchev–Trinajstić information content (AvgIpc) is 3.33. The Balaban J connectivity index is 1.25. The summed E-state index contributed by atoms with van der Waals surface area (Å²) in [5.74, 6) is 1.32. The molecule has 1 aromatic carbocycles. The van der Waals surface area contributed by atoms with E-state index < -0.39 is 0 Å². The molecule has 2 heterocycles. The normalized spacial score (nSPS) is 20.0. The first-order valence-corrected chi connectivity index (χ1v) is 12.2. The van der Waals surface area contributed by atoms with Gasteiger partial charge in [0.05, 0.1) is 18.9 Å². The van der Waals surface area contributed by atoms with Crippen molar-refractivity contribution in [3.05, 3.63) is 30.1 Å². The van der Waals surface area contributed by atoms with Crippen molar-refractivity contribution in [1.82, 2.24) is 15.5 Å². The Hall–Kier alpha value is -1.90. The lowest BCUT2D eigenvalue weighted by Crippen LogP contribution is -2.47. The van der Waals surface area contributed by atoms with Crippen molar-refractivity contribution in [2.24, 2.45) is 10.9 Å². The van der Waals surface area contributed by atoms with Gasteiger partial charge in [-0.05, 0) is 44.9 Å². The number of halogens is 1. The minimum atomic E-state index is -0.129. The fourth-order valence-corrected chi connectivity index (χ4v) is 4.09. The summed E-state index contributed by atoms with van der Waals surface area (Å²) in [6.07, 6.45) is 3.10. The largest absolute Gasteiger partial charge is 0.381 e. The monoisotopic (exact) mass is 449 g/mol. The van der Waals surface area contributed by atoms with Crippen molar-refractivity contribution >= 4 is 11.6 Å². The molecule has 8 heteroatoms. The maximum absolute atomic E-state index is 14.0. The number of anilines is 1. The molecule has 0 amide bonds. The maximum atomic E-state index is 14.0. The Kier molecular flexibility index (Phi) is 11.0. The summed E-state index contributed by atoms with van der Waals surface area (Å²) < 4.78 is 25.1. The van der Waals surface area contributed by atoms with E-state index in [4.69, 9.17) is 9.47 Å². The fourth-order valence-electron chi connectivity index (χ4n) is 4.09. The highest BCUT2D eigenvalue weighted by Crippen LogP contribution is 2.20. The van der Waals surface area contributed by atoms with Crippen LogP contribution in [0.4, 0.5) is 10.1 Å². The lowest BCUT2D eigenvalue weighted by molar-refractivity contribution is 0.0893. The topological polar surface area (TPSA) is 61.4 Å². The molecule has 2 aliphatic heterocycles. The quantitative estimate of drug-likeness (QED) is 0.290. The molecule has 7 nitrogen and oxygen atoms in total. The molecule has 0 saturated carbocycles. The molecule has 0 spiro atoms. The molecule has 2 saturated heterocycles. The van der Waals surface area contributed by atoms with Crippen LogP contribution in [-0.2, 0) is 9.47 Å². The number of ether oxygens (including phenoxy) is 2. The van der Waals surface area contributed by atoms with Crippen LogP contribution in [-0.4, -0.2) is 89.6 Å². The van der Waals surface area contributed by atoms with E-state index in [2.05, 4.69) is 32.3 Å². The molecular formula is C24H40FN5O2. The standard InChI is InChI=1S/C24H40FN5O2/c1-2-26-24(28-11-6-17-31-19-21-9-18-32-20-21)27-10-5-12-29-13-15-30(16-14-29)23-8-4-3-7-22(23)25/h3-4,7-8,21H,2,5-6,9-20H2,1H3,(H2,26,27,28). The van der Waals surface area contributed by atoms with Gasteiger partial charge in [0.2, 0.25) is 0 Å². The molecule has 2 N–H and O–H groups in total. The molecule has 1 unspecified atom stereocenters. The molecule has 1 aromatic rings. The maximum Gasteiger partial charge on any atom is 0.191 e. The number of nitrogens with one attached hydrogen (secondary N) is 2. The second-order valence-electron chi connectivity index (χ2n) is 8.48. The first-order valence-electron chi connectivity index (χ1n) is 12.2. The van der Waals surface area contributed by atoms with Crippen molar-refractivity contribution in [3.8, 4) is 0 Å². The van der Waals surface area contributed by atoms with Crippen LogP contribution >= 0.6 is 0 Å². The Labute approximate surface area is 192 Å². The van der Waals surface area contributed by atoms with E-state index in [0.29, 0.717) is 5.92 Å². The number of piperazine rings is 1. The Bertz CT molecular complexity index is 676. The van der Waals surface area contributed by atoms with E-state index >= 15 is 0 Å². The van der Waals surface area contributed by atoms with Crippen LogP contribution in [0.5, 0.6) is 0 Å². The molecule has 32 heavy (non-hydrogen) atoms. The van der Waals surface area contributed by atoms with Gasteiger partial charge in [-0.1, -0.05) is 12.1 Å². The highest BCUT2D eigenvalue weighted by atomic mass is 19.1. The van der Waals surface area contributed by atoms with Gasteiger partial charge in [0.1, 0.15) is 5.82 Å². The summed E-state index contributed by atoms with van der Waals surface area (Å²) in [6.45, 7) is 12.6. The van der Waals surface area contributed by atoms with Gasteiger partial charge in [-0.15, -0.1) is 0 Å². The molecule has 2 fully saturated rings. The number of nitrogens with zero attached hydrogens (tertiary/aromatic N) is 3. The van der Waals surface area contributed by atoms with E-state index in [-0.39, 0.29) is 5.82 Å². The van der Waals surface area contributed by atoms with Crippen molar-refractivity contribution in [2.75, 3.05) is 83.7 Å². The molecule has 0 aliphatic carbocycles. The molecule has 0 bridgehead atoms. The van der Waals surface area contributed by atoms with Crippen LogP contribution in [0.2, 0.25) is 0 Å². The van der Waals surface area contributed by atoms with Crippen molar-refractivity contribution < 1.29 is 13.9 Å². The average molecular weight is 450 g/mol. The number of rotatable bonds is 12. The lowest BCUT2D eigenvalue weighted by atomic mass is 10.1. The zero-order valence-electron chi connectivity index (χ0n) is 19.5. The second-order valence-corrected chi connectivity index (χ2v) is 8.48. The molecule has 180 valence electrons. The van der Waals surface area contributed by atoms with Crippen LogP contribution < -0.4 is 15.5 Å². The Morgan fingerprint density at radius 3 is 2.78 bits per heavy atom. The van der Waals surface area contributed by atoms with E-state index in [1.165, 1.54) is 6.07 Å². The van der Waals surface area contributed by atoms with Crippen LogP contribution in [0.25, 0.3) is 0 Å². The van der Waals surface area contributed by atoms with E-state index in [1.807, 2.05) is 12.1 Å². The third-order valence-electron chi connectivity index (χ3n) is 5.95. The highest BCUT2D eigenvalue weighted by molar-refractivity contribution is 5.79. The summed E-state index contributed by atoms with van der Waals surface area (Å²) >= 11 is 0. The molecule has 1 atom stereocenters. The Morgan fingerprint density at radius 1 is 1.19 bits per heavy atom. The van der Waals surface area contributed by atoms with E-state index in [9.17, 15) is 4.39 Å². The molecule has 3 rings (SSSR count). The van der Waals surface area contributed by atoms with Crippen LogP contribution in [0.1, 0.15) is 26.2 Å². The fraction of sp³-hybridized carbons (Fsp3) is 0.708. The van der Waals surface area contributed by atoms with Gasteiger partial charge < -0.3 is 25.0 Å². The first kappa shape index (κ1) is 24.7. The lowest BCUT2D eigenvalue weighted by Gasteiger charge is -2.36. The van der Waals surface area contributed by atoms with Gasteiger partial charge >= 0.3 is 0 Å². The third kappa shape index (κ3) is 8.56. The van der Waals surface area contributed by atoms with E-state index in [1.54, 1.807) is 6.07 Å². The van der Waals surface area contributed by atoms with Gasteiger partial charge in [-0.25, -0.2) is 4.39 Å². The Morgan fingerprint density at radius 2 is 2.03 bits per heavy atom. The summed E-state index contributed by atoms with van der Waals surface area (Å²) in [7, 11) is 0. The van der Waals surface area contributed by atoms with Crippen molar-refractivity contribution in [3.63, 3.8) is 0 Å². The molecule has 0 radical (unpaired) electrons. The zero-order valence-corrected chi connectivity index (χ0v) is 19.5. The second kappa shape index (κ2) is 14.3. The van der Waals surface area contributed by atoms with Crippen molar-refractivity contribution in [2.45, 2.75) is 26.2 Å². The predicted octanol–water partition coefficient (Wildman–Crippen LogP) is 2.34. The summed E-state index contributed by atoms with van der Waals surface area (Å²) in [5, 5.41) is 6.74. The summed E-state index contributed by atoms with van der Waals surface area (Å²) in [4.78, 5) is 9.25. The summed E-state index contributed by atoms with van der Waals surface area (Å²) in [5.41, 5.74) is 0.721. The smallest absolute Gasteiger partial charge is 0.191 e. The zero-order chi connectivity index (χ0) is 22.4. The number of hydrogen-bond donors (Lipinski definition) is 2. The number of guanidine groups is 1. The number of aliphatic imine (C=N–C) groups is 1. The van der Waals surface area contributed by atoms with Crippen molar-refractivity contribution in [1.29, 1.82) is 0 Å². The minimum absolute atomic E-state index is 0.129. The third-order valence-corrected chi connectivity index (χ3v) is 5.95. The van der Waals surface area contributed by atoms with Gasteiger partial charge in [-0.3, -0.25) is 9.89 Å². The van der Waals surface area contributed by atoms with Crippen LogP contribution in [0, 0.1) is 11.7 Å². The van der Waals surface area contributed by atoms with E-state index in [0.717, 1.165) is 110 Å². The van der Waals surface area contributed by atoms with Crippen LogP contribution in [0.3, 0.4) is 0 Å².